The fourth-order valence-corrected chi connectivity index (χ4v) is 3.75. The molecule has 1 fully saturated rings. The third-order valence-corrected chi connectivity index (χ3v) is 5.08. The number of nitrogens with zero attached hydrogens (tertiary/aromatic N) is 3. The molecule has 0 bridgehead atoms. The lowest BCUT2D eigenvalue weighted by Crippen LogP contribution is -2.48. The molecule has 0 unspecified atom stereocenters. The van der Waals surface area contributed by atoms with Gasteiger partial charge in [0.2, 0.25) is 0 Å². The molecular formula is C16H28N4O. The van der Waals surface area contributed by atoms with Gasteiger partial charge in [0.25, 0.3) is 0 Å². The molecule has 1 saturated heterocycles. The second-order valence-corrected chi connectivity index (χ2v) is 6.44. The summed E-state index contributed by atoms with van der Waals surface area (Å²) in [5, 5.41) is 0. The van der Waals surface area contributed by atoms with Crippen molar-refractivity contribution in [3.63, 3.8) is 0 Å². The Morgan fingerprint density at radius 3 is 2.76 bits per heavy atom. The number of likely N-dealkylation sites (tertiary alicyclic amines) is 1. The van der Waals surface area contributed by atoms with Crippen molar-refractivity contribution in [3.8, 4) is 0 Å². The van der Waals surface area contributed by atoms with Crippen molar-refractivity contribution < 1.29 is 4.74 Å². The Bertz CT molecular complexity index is 424. The molecule has 0 aromatic heterocycles. The third-order valence-electron chi connectivity index (χ3n) is 5.08. The minimum absolute atomic E-state index is 0.751. The van der Waals surface area contributed by atoms with Crippen molar-refractivity contribution in [2.75, 3.05) is 46.4 Å². The van der Waals surface area contributed by atoms with E-state index in [9.17, 15) is 0 Å². The number of hydrogen-bond acceptors (Lipinski definition) is 5. The molecule has 2 N–H and O–H groups in total. The number of methoxy groups -OCH3 is 1. The van der Waals surface area contributed by atoms with Crippen LogP contribution >= 0.6 is 0 Å². The van der Waals surface area contributed by atoms with Crippen LogP contribution in [0.15, 0.2) is 16.3 Å². The minimum atomic E-state index is 0.751. The lowest BCUT2D eigenvalue weighted by Gasteiger charge is -2.41. The normalized spacial score (nSPS) is 25.9. The Morgan fingerprint density at radius 2 is 2.00 bits per heavy atom. The van der Waals surface area contributed by atoms with Crippen LogP contribution in [-0.4, -0.2) is 68.1 Å². The van der Waals surface area contributed by atoms with Crippen molar-refractivity contribution in [3.05, 3.63) is 11.3 Å². The highest BCUT2D eigenvalue weighted by Crippen LogP contribution is 2.29. The Balaban J connectivity index is 1.51. The molecule has 3 heterocycles. The Morgan fingerprint density at radius 1 is 1.19 bits per heavy atom. The first kappa shape index (κ1) is 15.0. The monoisotopic (exact) mass is 292 g/mol. The van der Waals surface area contributed by atoms with E-state index in [0.29, 0.717) is 0 Å². The maximum atomic E-state index is 5.86. The number of amidine groups is 1. The van der Waals surface area contributed by atoms with E-state index >= 15 is 0 Å². The zero-order valence-electron chi connectivity index (χ0n) is 13.2. The Labute approximate surface area is 127 Å². The SMILES string of the molecule is COCCN1CCC(N2CCC3=C(CCC(N)=N3)C2)CC1. The molecule has 3 aliphatic heterocycles. The van der Waals surface area contributed by atoms with Crippen molar-refractivity contribution >= 4 is 5.84 Å². The molecule has 3 aliphatic rings. The minimum Gasteiger partial charge on any atom is -0.387 e. The molecule has 0 spiro atoms. The standard InChI is InChI=1S/C16H28N4O/c1-21-11-10-19-7-4-14(5-8-19)20-9-6-15-13(12-20)2-3-16(17)18-15/h14H,2-12H2,1H3,(H2,17,18). The zero-order chi connectivity index (χ0) is 14.7. The van der Waals surface area contributed by atoms with Gasteiger partial charge in [-0.05, 0) is 37.9 Å². The average Bonchev–Trinajstić information content (AvgIpc) is 2.53. The molecule has 0 radical (unpaired) electrons. The van der Waals surface area contributed by atoms with Gasteiger partial charge in [-0.3, -0.25) is 4.90 Å². The zero-order valence-corrected chi connectivity index (χ0v) is 13.2. The van der Waals surface area contributed by atoms with Gasteiger partial charge in [-0.2, -0.15) is 0 Å². The van der Waals surface area contributed by atoms with Gasteiger partial charge in [-0.1, -0.05) is 0 Å². The summed E-state index contributed by atoms with van der Waals surface area (Å²) in [7, 11) is 1.78. The van der Waals surface area contributed by atoms with Crippen molar-refractivity contribution in [2.24, 2.45) is 10.7 Å². The van der Waals surface area contributed by atoms with Crippen molar-refractivity contribution in [1.29, 1.82) is 0 Å². The first-order chi connectivity index (χ1) is 10.3. The summed E-state index contributed by atoms with van der Waals surface area (Å²) in [6, 6.07) is 0.751. The van der Waals surface area contributed by atoms with Gasteiger partial charge >= 0.3 is 0 Å². The van der Waals surface area contributed by atoms with E-state index in [1.54, 1.807) is 7.11 Å². The van der Waals surface area contributed by atoms with Gasteiger partial charge in [-0.25, -0.2) is 4.99 Å². The molecular weight excluding hydrogens is 264 g/mol. The first-order valence-electron chi connectivity index (χ1n) is 8.25. The predicted molar refractivity (Wildman–Crippen MR) is 85.4 cm³/mol. The summed E-state index contributed by atoms with van der Waals surface area (Å²) in [6.07, 6.45) is 5.73. The second-order valence-electron chi connectivity index (χ2n) is 6.44. The predicted octanol–water partition coefficient (Wildman–Crippen LogP) is 1.21. The average molecular weight is 292 g/mol. The quantitative estimate of drug-likeness (QED) is 0.846. The van der Waals surface area contributed by atoms with Crippen LogP contribution in [0.25, 0.3) is 0 Å². The molecule has 21 heavy (non-hydrogen) atoms. The highest BCUT2D eigenvalue weighted by molar-refractivity contribution is 5.82. The highest BCUT2D eigenvalue weighted by atomic mass is 16.5. The fraction of sp³-hybridized carbons (Fsp3) is 0.812. The lowest BCUT2D eigenvalue weighted by atomic mass is 9.95. The van der Waals surface area contributed by atoms with Crippen LogP contribution in [0.5, 0.6) is 0 Å². The second kappa shape index (κ2) is 6.90. The molecule has 5 heteroatoms. The van der Waals surface area contributed by atoms with Crippen LogP contribution in [0.1, 0.15) is 32.1 Å². The molecule has 0 aliphatic carbocycles. The highest BCUT2D eigenvalue weighted by Gasteiger charge is 2.29. The molecule has 5 nitrogen and oxygen atoms in total. The van der Waals surface area contributed by atoms with Crippen molar-refractivity contribution in [1.82, 2.24) is 9.80 Å². The largest absolute Gasteiger partial charge is 0.387 e. The summed E-state index contributed by atoms with van der Waals surface area (Å²) in [5.74, 6) is 0.827. The molecule has 0 aromatic rings. The molecule has 3 rings (SSSR count). The summed E-state index contributed by atoms with van der Waals surface area (Å²) < 4.78 is 5.17. The third kappa shape index (κ3) is 3.65. The van der Waals surface area contributed by atoms with Crippen LogP contribution < -0.4 is 5.73 Å². The van der Waals surface area contributed by atoms with Gasteiger partial charge < -0.3 is 15.4 Å². The van der Waals surface area contributed by atoms with Gasteiger partial charge in [0, 0.05) is 51.3 Å². The summed E-state index contributed by atoms with van der Waals surface area (Å²) in [4.78, 5) is 9.77. The van der Waals surface area contributed by atoms with E-state index in [2.05, 4.69) is 14.8 Å². The van der Waals surface area contributed by atoms with E-state index in [-0.39, 0.29) is 0 Å². The van der Waals surface area contributed by atoms with Crippen LogP contribution in [0.2, 0.25) is 0 Å². The number of hydrogen-bond donors (Lipinski definition) is 1. The summed E-state index contributed by atoms with van der Waals surface area (Å²) in [6.45, 7) is 6.62. The van der Waals surface area contributed by atoms with Crippen LogP contribution in [0, 0.1) is 0 Å². The molecule has 0 amide bonds. The number of nitrogens with two attached hydrogens (primary N) is 1. The smallest absolute Gasteiger partial charge is 0.0995 e. The summed E-state index contributed by atoms with van der Waals surface area (Å²) in [5.41, 5.74) is 8.68. The topological polar surface area (TPSA) is 54.1 Å². The van der Waals surface area contributed by atoms with Gasteiger partial charge in [-0.15, -0.1) is 0 Å². The Kier molecular flexibility index (Phi) is 4.93. The van der Waals surface area contributed by atoms with Crippen LogP contribution in [0.3, 0.4) is 0 Å². The Hall–Kier alpha value is -0.910. The van der Waals surface area contributed by atoms with Gasteiger partial charge in [0.05, 0.1) is 12.4 Å². The molecule has 118 valence electrons. The number of aliphatic imine (C=N–C) groups is 1. The van der Waals surface area contributed by atoms with E-state index < -0.39 is 0 Å². The number of ether oxygens (including phenoxy) is 1. The van der Waals surface area contributed by atoms with Gasteiger partial charge in [0.15, 0.2) is 0 Å². The maximum Gasteiger partial charge on any atom is 0.0995 e. The van der Waals surface area contributed by atoms with Crippen LogP contribution in [-0.2, 0) is 4.74 Å². The van der Waals surface area contributed by atoms with E-state index in [0.717, 1.165) is 57.4 Å². The van der Waals surface area contributed by atoms with E-state index in [1.165, 1.54) is 37.2 Å². The summed E-state index contributed by atoms with van der Waals surface area (Å²) >= 11 is 0. The maximum absolute atomic E-state index is 5.86. The number of rotatable bonds is 4. The fourth-order valence-electron chi connectivity index (χ4n) is 3.75. The van der Waals surface area contributed by atoms with Gasteiger partial charge in [0.1, 0.15) is 0 Å². The van der Waals surface area contributed by atoms with Crippen molar-refractivity contribution in [2.45, 2.75) is 38.1 Å². The molecule has 0 saturated carbocycles. The lowest BCUT2D eigenvalue weighted by molar-refractivity contribution is 0.0879. The number of piperidine rings is 1. The first-order valence-corrected chi connectivity index (χ1v) is 8.25. The molecule has 0 atom stereocenters. The van der Waals surface area contributed by atoms with E-state index in [1.807, 2.05) is 0 Å². The van der Waals surface area contributed by atoms with E-state index in [4.69, 9.17) is 10.5 Å². The van der Waals surface area contributed by atoms with Crippen LogP contribution in [0.4, 0.5) is 0 Å². The molecule has 0 aromatic carbocycles.